The molecule has 3 rings (SSSR count). The van der Waals surface area contributed by atoms with Gasteiger partial charge in [0.15, 0.2) is 0 Å². The summed E-state index contributed by atoms with van der Waals surface area (Å²) in [5, 5.41) is 29.6. The van der Waals surface area contributed by atoms with Gasteiger partial charge in [0.2, 0.25) is 29.5 Å². The Morgan fingerprint density at radius 2 is 1.24 bits per heavy atom. The molecule has 1 aliphatic heterocycles. The third-order valence-electron chi connectivity index (χ3n) is 9.27. The minimum Gasteiger partial charge on any atom is -0.481 e. The number of nitrogens with zero attached hydrogens (tertiary/aromatic N) is 1. The Morgan fingerprint density at radius 1 is 0.722 bits per heavy atom. The summed E-state index contributed by atoms with van der Waals surface area (Å²) in [6.45, 7) is 7.48. The van der Waals surface area contributed by atoms with Gasteiger partial charge in [-0.3, -0.25) is 28.8 Å². The number of carboxylic acids is 2. The van der Waals surface area contributed by atoms with Gasteiger partial charge in [0.1, 0.15) is 30.2 Å². The molecule has 1 heterocycles. The van der Waals surface area contributed by atoms with Crippen LogP contribution in [0, 0.1) is 11.8 Å². The van der Waals surface area contributed by atoms with Crippen molar-refractivity contribution < 1.29 is 43.8 Å². The van der Waals surface area contributed by atoms with Gasteiger partial charge >= 0.3 is 11.9 Å². The van der Waals surface area contributed by atoms with Crippen molar-refractivity contribution in [3.8, 4) is 0 Å². The van der Waals surface area contributed by atoms with Crippen molar-refractivity contribution in [2.24, 2.45) is 17.6 Å². The summed E-state index contributed by atoms with van der Waals surface area (Å²) in [5.41, 5.74) is 7.52. The molecule has 2 aromatic carbocycles. The predicted octanol–water partition coefficient (Wildman–Crippen LogP) is 1.38. The lowest BCUT2D eigenvalue weighted by Gasteiger charge is -2.31. The first-order valence-corrected chi connectivity index (χ1v) is 18.4. The SMILES string of the molecule is CC(C)C[C@H](NC(=O)[C@@H]1CCCN1C(=O)[C@H](Cc1ccccc1)NC(=O)[C@@H](N)C(C)C)C(=O)N[C@@H](CCC(=O)O)C(=O)N[C@@H](Cc1ccccc1)C(=O)O. The highest BCUT2D eigenvalue weighted by molar-refractivity contribution is 5.97. The second kappa shape index (κ2) is 20.8. The van der Waals surface area contributed by atoms with E-state index < -0.39 is 84.1 Å². The molecule has 0 bridgehead atoms. The summed E-state index contributed by atoms with van der Waals surface area (Å²) >= 11 is 0. The number of hydrogen-bond donors (Lipinski definition) is 7. The molecule has 0 aliphatic carbocycles. The van der Waals surface area contributed by atoms with Crippen LogP contribution in [0.2, 0.25) is 0 Å². The quantitative estimate of drug-likeness (QED) is 0.103. The summed E-state index contributed by atoms with van der Waals surface area (Å²) in [5.74, 6) is -6.09. The standard InChI is InChI=1S/C39H54N6O9/c1-23(2)20-28(35(49)41-27(17-18-32(46)47)34(48)44-30(39(53)54)22-26-14-9-6-10-15-26)42-36(50)31-16-11-19-45(31)38(52)29(21-25-12-7-5-8-13-25)43-37(51)33(40)24(3)4/h5-10,12-15,23-24,27-31,33H,11,16-22,40H2,1-4H3,(H,41,49)(H,42,50)(H,43,51)(H,44,48)(H,46,47)(H,53,54)/t27-,28-,29-,30-,31-,33-/m0/s1. The van der Waals surface area contributed by atoms with E-state index in [1.807, 2.05) is 44.2 Å². The maximum atomic E-state index is 14.1. The van der Waals surface area contributed by atoms with E-state index in [-0.39, 0.29) is 44.1 Å². The van der Waals surface area contributed by atoms with E-state index in [2.05, 4.69) is 21.3 Å². The van der Waals surface area contributed by atoms with Crippen LogP contribution in [0.4, 0.5) is 0 Å². The Balaban J connectivity index is 1.79. The van der Waals surface area contributed by atoms with Crippen molar-refractivity contribution in [2.45, 2.75) is 109 Å². The minimum absolute atomic E-state index is 0.0510. The van der Waals surface area contributed by atoms with E-state index >= 15 is 0 Å². The maximum absolute atomic E-state index is 14.1. The lowest BCUT2D eigenvalue weighted by Crippen LogP contribution is -2.59. The molecule has 15 heteroatoms. The number of carbonyl (C=O) groups excluding carboxylic acids is 5. The second-order valence-corrected chi connectivity index (χ2v) is 14.5. The molecular formula is C39H54N6O9. The largest absolute Gasteiger partial charge is 0.481 e. The van der Waals surface area contributed by atoms with E-state index in [4.69, 9.17) is 5.73 Å². The van der Waals surface area contributed by atoms with Crippen LogP contribution >= 0.6 is 0 Å². The van der Waals surface area contributed by atoms with Gasteiger partial charge in [-0.15, -0.1) is 0 Å². The van der Waals surface area contributed by atoms with Gasteiger partial charge in [-0.05, 0) is 48.6 Å². The second-order valence-electron chi connectivity index (χ2n) is 14.5. The molecule has 1 aliphatic rings. The number of amides is 5. The van der Waals surface area contributed by atoms with Crippen LogP contribution < -0.4 is 27.0 Å². The number of likely N-dealkylation sites (tertiary alicyclic amines) is 1. The summed E-state index contributed by atoms with van der Waals surface area (Å²) in [6.07, 6.45) is 0.194. The number of hydrogen-bond acceptors (Lipinski definition) is 8. The highest BCUT2D eigenvalue weighted by Crippen LogP contribution is 2.21. The zero-order valence-electron chi connectivity index (χ0n) is 31.3. The molecule has 1 saturated heterocycles. The third-order valence-corrected chi connectivity index (χ3v) is 9.27. The molecule has 2 aromatic rings. The van der Waals surface area contributed by atoms with Crippen LogP contribution in [-0.2, 0) is 46.4 Å². The summed E-state index contributed by atoms with van der Waals surface area (Å²) in [7, 11) is 0. The molecule has 0 saturated carbocycles. The first-order valence-electron chi connectivity index (χ1n) is 18.4. The number of nitrogens with one attached hydrogen (secondary N) is 4. The predicted molar refractivity (Wildman–Crippen MR) is 200 cm³/mol. The minimum atomic E-state index is -1.43. The van der Waals surface area contributed by atoms with Crippen LogP contribution in [0.1, 0.15) is 70.9 Å². The molecule has 1 fully saturated rings. The molecule has 54 heavy (non-hydrogen) atoms. The van der Waals surface area contributed by atoms with Crippen LogP contribution in [0.3, 0.4) is 0 Å². The fourth-order valence-corrected chi connectivity index (χ4v) is 6.23. The Kier molecular flexibility index (Phi) is 16.6. The first kappa shape index (κ1) is 43.1. The monoisotopic (exact) mass is 750 g/mol. The maximum Gasteiger partial charge on any atom is 0.326 e. The molecule has 6 atom stereocenters. The van der Waals surface area contributed by atoms with Crippen molar-refractivity contribution >= 4 is 41.5 Å². The Morgan fingerprint density at radius 3 is 1.76 bits per heavy atom. The van der Waals surface area contributed by atoms with E-state index in [1.165, 1.54) is 4.90 Å². The number of nitrogens with two attached hydrogens (primary N) is 1. The van der Waals surface area contributed by atoms with Gasteiger partial charge in [0, 0.05) is 25.8 Å². The van der Waals surface area contributed by atoms with Gasteiger partial charge in [-0.1, -0.05) is 88.4 Å². The Hall–Kier alpha value is -5.31. The van der Waals surface area contributed by atoms with Crippen molar-refractivity contribution in [1.29, 1.82) is 0 Å². The fraction of sp³-hybridized carbons (Fsp3) is 0.513. The average molecular weight is 751 g/mol. The smallest absolute Gasteiger partial charge is 0.326 e. The molecular weight excluding hydrogens is 696 g/mol. The van der Waals surface area contributed by atoms with Gasteiger partial charge in [0.25, 0.3) is 0 Å². The van der Waals surface area contributed by atoms with Crippen molar-refractivity contribution in [2.75, 3.05) is 6.54 Å². The topological polar surface area (TPSA) is 237 Å². The molecule has 0 radical (unpaired) electrons. The normalized spacial score (nSPS) is 16.8. The van der Waals surface area contributed by atoms with Crippen LogP contribution in [0.5, 0.6) is 0 Å². The fourth-order valence-electron chi connectivity index (χ4n) is 6.23. The summed E-state index contributed by atoms with van der Waals surface area (Å²) in [4.78, 5) is 93.0. The molecule has 0 aromatic heterocycles. The average Bonchev–Trinajstić information content (AvgIpc) is 3.62. The summed E-state index contributed by atoms with van der Waals surface area (Å²) in [6, 6.07) is 10.9. The zero-order valence-corrected chi connectivity index (χ0v) is 31.3. The number of aliphatic carboxylic acids is 2. The third kappa shape index (κ3) is 13.3. The lowest BCUT2D eigenvalue weighted by atomic mass is 10.0. The molecule has 8 N–H and O–H groups in total. The lowest BCUT2D eigenvalue weighted by molar-refractivity contribution is -0.143. The molecule has 15 nitrogen and oxygen atoms in total. The van der Waals surface area contributed by atoms with Crippen LogP contribution in [0.15, 0.2) is 60.7 Å². The zero-order chi connectivity index (χ0) is 39.9. The highest BCUT2D eigenvalue weighted by atomic mass is 16.4. The molecule has 0 spiro atoms. The van der Waals surface area contributed by atoms with E-state index in [0.29, 0.717) is 18.4 Å². The highest BCUT2D eigenvalue weighted by Gasteiger charge is 2.40. The molecule has 294 valence electrons. The Bertz CT molecular complexity index is 1600. The molecule has 0 unspecified atom stereocenters. The van der Waals surface area contributed by atoms with E-state index in [1.54, 1.807) is 44.2 Å². The van der Waals surface area contributed by atoms with Gasteiger partial charge in [-0.2, -0.15) is 0 Å². The van der Waals surface area contributed by atoms with Crippen molar-refractivity contribution in [3.63, 3.8) is 0 Å². The molecule has 5 amide bonds. The van der Waals surface area contributed by atoms with Gasteiger partial charge in [0.05, 0.1) is 6.04 Å². The van der Waals surface area contributed by atoms with E-state index in [9.17, 15) is 43.8 Å². The van der Waals surface area contributed by atoms with Gasteiger partial charge in [-0.25, -0.2) is 4.79 Å². The van der Waals surface area contributed by atoms with Gasteiger partial charge < -0.3 is 42.1 Å². The first-order chi connectivity index (χ1) is 25.6. The summed E-state index contributed by atoms with van der Waals surface area (Å²) < 4.78 is 0. The van der Waals surface area contributed by atoms with E-state index in [0.717, 1.165) is 5.56 Å². The Labute approximate surface area is 315 Å². The van der Waals surface area contributed by atoms with Crippen molar-refractivity contribution in [1.82, 2.24) is 26.2 Å². The van der Waals surface area contributed by atoms with Crippen LogP contribution in [0.25, 0.3) is 0 Å². The number of carbonyl (C=O) groups is 7. The number of carboxylic acid groups (broad SMARTS) is 2. The van der Waals surface area contributed by atoms with Crippen LogP contribution in [-0.4, -0.2) is 99.4 Å². The van der Waals surface area contributed by atoms with Crippen molar-refractivity contribution in [3.05, 3.63) is 71.8 Å². The number of benzene rings is 2. The number of rotatable bonds is 20.